The van der Waals surface area contributed by atoms with Gasteiger partial charge in [0.05, 0.1) is 6.04 Å². The second-order valence-electron chi connectivity index (χ2n) is 10.3. The normalized spacial score (nSPS) is 21.9. The quantitative estimate of drug-likeness (QED) is 0.204. The predicted molar refractivity (Wildman–Crippen MR) is 148 cm³/mol. The van der Waals surface area contributed by atoms with Crippen molar-refractivity contribution in [3.05, 3.63) is 142 Å². The number of carbonyl (C=O) groups excluding carboxylic acids is 3. The highest BCUT2D eigenvalue weighted by Gasteiger charge is 2.71. The number of Topliss-reactive ketones (excluding diaryl/α,β-unsaturated/α-hetero) is 3. The number of ketones is 3. The first-order chi connectivity index (χ1) is 19.3. The number of carbonyl (C=O) groups is 3. The van der Waals surface area contributed by atoms with E-state index in [2.05, 4.69) is 0 Å². The summed E-state index contributed by atoms with van der Waals surface area (Å²) >= 11 is 6.10. The Hall–Kier alpha value is -4.42. The first-order valence-corrected chi connectivity index (χ1v) is 13.2. The number of rotatable bonds is 3. The minimum Gasteiger partial charge on any atom is -0.352 e. The molecule has 3 aliphatic rings. The standard InChI is InChI=1S/C33H20ClF2NO3/c34-21-10-5-19(6-11-21)30(38)29-28(18-7-12-22(35)13-8-18)33(31(39)24-3-1-2-4-25(24)32(33)40)27-16-9-20-17-23(36)14-15-26(20)37(27)29/h1-17,27-29H/t27?,28-,29+/m0/s1. The van der Waals surface area contributed by atoms with Crippen LogP contribution in [0.3, 0.4) is 0 Å². The van der Waals surface area contributed by atoms with Gasteiger partial charge in [0.15, 0.2) is 17.3 Å². The predicted octanol–water partition coefficient (Wildman–Crippen LogP) is 6.93. The van der Waals surface area contributed by atoms with Crippen LogP contribution >= 0.6 is 11.6 Å². The van der Waals surface area contributed by atoms with Gasteiger partial charge in [0.1, 0.15) is 23.1 Å². The van der Waals surface area contributed by atoms with Crippen LogP contribution in [-0.4, -0.2) is 29.4 Å². The summed E-state index contributed by atoms with van der Waals surface area (Å²) in [6.07, 6.45) is 3.41. The number of halogens is 3. The van der Waals surface area contributed by atoms with Gasteiger partial charge in [-0.3, -0.25) is 14.4 Å². The van der Waals surface area contributed by atoms with Crippen molar-refractivity contribution in [3.8, 4) is 0 Å². The van der Waals surface area contributed by atoms with Crippen LogP contribution in [0.2, 0.25) is 5.02 Å². The van der Waals surface area contributed by atoms with Crippen molar-refractivity contribution in [2.24, 2.45) is 5.41 Å². The third kappa shape index (κ3) is 3.26. The molecule has 0 radical (unpaired) electrons. The van der Waals surface area contributed by atoms with E-state index in [-0.39, 0.29) is 28.5 Å². The first kappa shape index (κ1) is 24.6. The van der Waals surface area contributed by atoms with E-state index in [4.69, 9.17) is 11.6 Å². The molecule has 0 bridgehead atoms. The van der Waals surface area contributed by atoms with Gasteiger partial charge in [-0.15, -0.1) is 0 Å². The number of benzene rings is 4. The minimum absolute atomic E-state index is 0.289. The Morgan fingerprint density at radius 1 is 0.800 bits per heavy atom. The molecule has 2 aliphatic heterocycles. The molecule has 1 unspecified atom stereocenters. The zero-order chi connectivity index (χ0) is 27.8. The average Bonchev–Trinajstić information content (AvgIpc) is 3.39. The molecule has 1 aliphatic carbocycles. The van der Waals surface area contributed by atoms with Gasteiger partial charge in [-0.25, -0.2) is 8.78 Å². The maximum absolute atomic E-state index is 14.5. The summed E-state index contributed by atoms with van der Waals surface area (Å²) in [4.78, 5) is 45.3. The van der Waals surface area contributed by atoms with Crippen LogP contribution in [0.25, 0.3) is 6.08 Å². The molecule has 1 fully saturated rings. The second-order valence-corrected chi connectivity index (χ2v) is 10.8. The van der Waals surface area contributed by atoms with E-state index in [0.717, 1.165) is 0 Å². The van der Waals surface area contributed by atoms with E-state index in [0.29, 0.717) is 27.4 Å². The monoisotopic (exact) mass is 551 g/mol. The van der Waals surface area contributed by atoms with Crippen LogP contribution in [0.1, 0.15) is 48.1 Å². The Morgan fingerprint density at radius 2 is 1.43 bits per heavy atom. The summed E-state index contributed by atoms with van der Waals surface area (Å²) in [5.41, 5.74) is 0.740. The highest BCUT2D eigenvalue weighted by Crippen LogP contribution is 2.61. The summed E-state index contributed by atoms with van der Waals surface area (Å²) in [5, 5.41) is 0.450. The van der Waals surface area contributed by atoms with E-state index in [1.165, 1.54) is 36.4 Å². The smallest absolute Gasteiger partial charge is 0.185 e. The van der Waals surface area contributed by atoms with E-state index in [9.17, 15) is 23.2 Å². The molecule has 0 N–H and O–H groups in total. The number of hydrogen-bond donors (Lipinski definition) is 0. The van der Waals surface area contributed by atoms with Crippen molar-refractivity contribution in [1.82, 2.24) is 0 Å². The number of fused-ring (bicyclic) bond motifs is 5. The van der Waals surface area contributed by atoms with Crippen LogP contribution < -0.4 is 4.90 Å². The Kier molecular flexibility index (Phi) is 5.41. The number of nitrogens with zero attached hydrogens (tertiary/aromatic N) is 1. The lowest BCUT2D eigenvalue weighted by Gasteiger charge is -2.37. The van der Waals surface area contributed by atoms with Crippen molar-refractivity contribution in [2.45, 2.75) is 18.0 Å². The fraction of sp³-hybridized carbons (Fsp3) is 0.121. The van der Waals surface area contributed by atoms with Crippen LogP contribution in [-0.2, 0) is 0 Å². The summed E-state index contributed by atoms with van der Waals surface area (Å²) in [6.45, 7) is 0. The molecular formula is C33H20ClF2NO3. The molecule has 7 rings (SSSR count). The van der Waals surface area contributed by atoms with Crippen molar-refractivity contribution in [2.75, 3.05) is 4.90 Å². The largest absolute Gasteiger partial charge is 0.352 e. The van der Waals surface area contributed by atoms with Gasteiger partial charge in [-0.1, -0.05) is 60.2 Å². The maximum Gasteiger partial charge on any atom is 0.185 e. The zero-order valence-electron chi connectivity index (χ0n) is 20.9. The molecule has 1 saturated heterocycles. The summed E-state index contributed by atoms with van der Waals surface area (Å²) < 4.78 is 28.4. The topological polar surface area (TPSA) is 54.5 Å². The van der Waals surface area contributed by atoms with E-state index < -0.39 is 35.1 Å². The summed E-state index contributed by atoms with van der Waals surface area (Å²) in [7, 11) is 0. The van der Waals surface area contributed by atoms with Crippen LogP contribution in [0, 0.1) is 17.0 Å². The molecule has 4 nitrogen and oxygen atoms in total. The molecule has 196 valence electrons. The van der Waals surface area contributed by atoms with Gasteiger partial charge in [-0.05, 0) is 60.2 Å². The maximum atomic E-state index is 14.5. The van der Waals surface area contributed by atoms with Crippen LogP contribution in [0.15, 0.2) is 97.1 Å². The van der Waals surface area contributed by atoms with Gasteiger partial charge >= 0.3 is 0 Å². The van der Waals surface area contributed by atoms with Crippen molar-refractivity contribution >= 4 is 40.7 Å². The molecule has 40 heavy (non-hydrogen) atoms. The Morgan fingerprint density at radius 3 is 2.08 bits per heavy atom. The Bertz CT molecular complexity index is 1730. The summed E-state index contributed by atoms with van der Waals surface area (Å²) in [5.74, 6) is -3.03. The number of anilines is 1. The summed E-state index contributed by atoms with van der Waals surface area (Å²) in [6, 6.07) is 21.0. The molecule has 4 aromatic rings. The highest BCUT2D eigenvalue weighted by atomic mass is 35.5. The fourth-order valence-corrected chi connectivity index (χ4v) is 6.90. The second kappa shape index (κ2) is 8.80. The minimum atomic E-state index is -1.71. The van der Waals surface area contributed by atoms with E-state index in [1.807, 2.05) is 0 Å². The fourth-order valence-electron chi connectivity index (χ4n) is 6.78. The SMILES string of the molecule is O=C(c1ccc(Cl)cc1)[C@H]1[C@H](c2ccc(F)cc2)C2(C(=O)c3ccccc3C2=O)C2C=Cc3cc(F)ccc3N21. The highest BCUT2D eigenvalue weighted by molar-refractivity contribution is 6.32. The lowest BCUT2D eigenvalue weighted by atomic mass is 9.64. The van der Waals surface area contributed by atoms with Gasteiger partial charge in [0.25, 0.3) is 0 Å². The molecule has 0 saturated carbocycles. The lowest BCUT2D eigenvalue weighted by Crippen LogP contribution is -2.48. The third-order valence-electron chi connectivity index (χ3n) is 8.39. The number of hydrogen-bond acceptors (Lipinski definition) is 4. The molecule has 1 spiro atoms. The molecule has 3 atom stereocenters. The molecule has 0 amide bonds. The van der Waals surface area contributed by atoms with Gasteiger partial charge < -0.3 is 4.90 Å². The van der Waals surface area contributed by atoms with Gasteiger partial charge in [-0.2, -0.15) is 0 Å². The van der Waals surface area contributed by atoms with Crippen LogP contribution in [0.5, 0.6) is 0 Å². The molecule has 4 aromatic carbocycles. The average molecular weight is 552 g/mol. The zero-order valence-corrected chi connectivity index (χ0v) is 21.6. The van der Waals surface area contributed by atoms with Crippen molar-refractivity contribution < 1.29 is 23.2 Å². The lowest BCUT2D eigenvalue weighted by molar-refractivity contribution is 0.0666. The van der Waals surface area contributed by atoms with Crippen molar-refractivity contribution in [1.29, 1.82) is 0 Å². The van der Waals surface area contributed by atoms with Crippen molar-refractivity contribution in [3.63, 3.8) is 0 Å². The van der Waals surface area contributed by atoms with Gasteiger partial charge in [0.2, 0.25) is 0 Å². The third-order valence-corrected chi connectivity index (χ3v) is 8.64. The van der Waals surface area contributed by atoms with Crippen LogP contribution in [0.4, 0.5) is 14.5 Å². The van der Waals surface area contributed by atoms with E-state index >= 15 is 0 Å². The first-order valence-electron chi connectivity index (χ1n) is 12.8. The molecule has 7 heteroatoms. The molecule has 0 aromatic heterocycles. The van der Waals surface area contributed by atoms with Gasteiger partial charge in [0, 0.05) is 38.9 Å². The Balaban J connectivity index is 1.54. The molecule has 2 heterocycles. The molecular weight excluding hydrogens is 532 g/mol. The Labute approximate surface area is 233 Å². The van der Waals surface area contributed by atoms with E-state index in [1.54, 1.807) is 71.6 Å².